The molecular formula is C15H27NO3S. The van der Waals surface area contributed by atoms with Crippen molar-refractivity contribution in [1.82, 2.24) is 5.32 Å². The summed E-state index contributed by atoms with van der Waals surface area (Å²) in [4.78, 5) is 11.9. The number of nitrogens with one attached hydrogen (secondary N) is 1. The van der Waals surface area contributed by atoms with Gasteiger partial charge in [-0.3, -0.25) is 4.79 Å². The van der Waals surface area contributed by atoms with E-state index in [9.17, 15) is 4.79 Å². The van der Waals surface area contributed by atoms with Crippen LogP contribution in [0.15, 0.2) is 0 Å². The van der Waals surface area contributed by atoms with Crippen LogP contribution >= 0.6 is 11.8 Å². The number of carbonyl (C=O) groups is 1. The number of carbonyl (C=O) groups excluding carboxylic acids is 1. The van der Waals surface area contributed by atoms with Crippen LogP contribution in [0.5, 0.6) is 0 Å². The Balaban J connectivity index is 1.74. The van der Waals surface area contributed by atoms with Gasteiger partial charge in [-0.05, 0) is 19.1 Å². The lowest BCUT2D eigenvalue weighted by molar-refractivity contribution is -0.175. The van der Waals surface area contributed by atoms with Gasteiger partial charge in [-0.1, -0.05) is 19.8 Å². The third-order valence-corrected chi connectivity index (χ3v) is 4.98. The first-order chi connectivity index (χ1) is 9.65. The van der Waals surface area contributed by atoms with Crippen LogP contribution in [0.2, 0.25) is 0 Å². The minimum Gasteiger partial charge on any atom is -0.353 e. The number of hydrogen-bond acceptors (Lipinski definition) is 4. The van der Waals surface area contributed by atoms with Crippen LogP contribution in [0.4, 0.5) is 0 Å². The molecule has 0 aromatic rings. The highest BCUT2D eigenvalue weighted by atomic mass is 32.2. The maximum absolute atomic E-state index is 11.9. The molecule has 0 aromatic heterocycles. The number of amides is 1. The molecule has 0 aromatic carbocycles. The Bertz CT molecular complexity index is 316. The van der Waals surface area contributed by atoms with E-state index in [1.165, 1.54) is 25.7 Å². The van der Waals surface area contributed by atoms with Crippen LogP contribution in [-0.4, -0.2) is 43.0 Å². The van der Waals surface area contributed by atoms with Crippen molar-refractivity contribution < 1.29 is 14.3 Å². The summed E-state index contributed by atoms with van der Waals surface area (Å²) in [5, 5.41) is 2.99. The first-order valence-electron chi connectivity index (χ1n) is 7.74. The molecule has 1 saturated heterocycles. The van der Waals surface area contributed by atoms with Gasteiger partial charge in [0.2, 0.25) is 5.91 Å². The molecule has 1 spiro atoms. The highest BCUT2D eigenvalue weighted by molar-refractivity contribution is 7.98. The number of rotatable bonds is 5. The van der Waals surface area contributed by atoms with Crippen molar-refractivity contribution in [2.75, 3.05) is 25.2 Å². The summed E-state index contributed by atoms with van der Waals surface area (Å²) in [6, 6.07) is 0. The molecule has 2 aliphatic rings. The molecule has 0 radical (unpaired) electrons. The van der Waals surface area contributed by atoms with E-state index in [0.717, 1.165) is 18.6 Å². The van der Waals surface area contributed by atoms with E-state index in [-0.39, 0.29) is 23.7 Å². The Morgan fingerprint density at radius 3 is 2.70 bits per heavy atom. The molecule has 20 heavy (non-hydrogen) atoms. The van der Waals surface area contributed by atoms with Gasteiger partial charge in [-0.25, -0.2) is 0 Å². The average Bonchev–Trinajstić information content (AvgIpc) is 2.68. The molecule has 2 fully saturated rings. The molecule has 2 atom stereocenters. The SMILES string of the molecule is CSC[C@@H](C)C(=O)NC[C@@H]1COC2(CCCCCC2)O1. The van der Waals surface area contributed by atoms with Crippen LogP contribution in [0.1, 0.15) is 45.4 Å². The first kappa shape index (κ1) is 16.1. The van der Waals surface area contributed by atoms with Crippen LogP contribution in [0.3, 0.4) is 0 Å². The Morgan fingerprint density at radius 2 is 2.05 bits per heavy atom. The third-order valence-electron chi connectivity index (χ3n) is 4.15. The molecule has 0 bridgehead atoms. The molecule has 1 N–H and O–H groups in total. The molecule has 0 unspecified atom stereocenters. The van der Waals surface area contributed by atoms with E-state index in [4.69, 9.17) is 9.47 Å². The Kier molecular flexibility index (Phi) is 6.18. The van der Waals surface area contributed by atoms with Gasteiger partial charge in [0, 0.05) is 31.1 Å². The van der Waals surface area contributed by atoms with Crippen LogP contribution < -0.4 is 5.32 Å². The summed E-state index contributed by atoms with van der Waals surface area (Å²) in [5.41, 5.74) is 0. The normalized spacial score (nSPS) is 27.2. The highest BCUT2D eigenvalue weighted by Crippen LogP contribution is 2.36. The van der Waals surface area contributed by atoms with Gasteiger partial charge in [0.05, 0.1) is 6.61 Å². The Hall–Kier alpha value is -0.260. The molecular weight excluding hydrogens is 274 g/mol. The second-order valence-electron chi connectivity index (χ2n) is 5.98. The zero-order chi connectivity index (χ0) is 14.4. The van der Waals surface area contributed by atoms with Crippen molar-refractivity contribution >= 4 is 17.7 Å². The lowest BCUT2D eigenvalue weighted by Gasteiger charge is -2.26. The van der Waals surface area contributed by atoms with E-state index in [1.807, 2.05) is 13.2 Å². The molecule has 116 valence electrons. The molecule has 1 amide bonds. The monoisotopic (exact) mass is 301 g/mol. The van der Waals surface area contributed by atoms with Crippen LogP contribution in [-0.2, 0) is 14.3 Å². The molecule has 1 aliphatic heterocycles. The molecule has 1 heterocycles. The van der Waals surface area contributed by atoms with Gasteiger partial charge < -0.3 is 14.8 Å². The minimum atomic E-state index is -0.350. The van der Waals surface area contributed by atoms with Gasteiger partial charge in [0.1, 0.15) is 6.10 Å². The Morgan fingerprint density at radius 1 is 1.35 bits per heavy atom. The number of thioether (sulfide) groups is 1. The van der Waals surface area contributed by atoms with Crippen molar-refractivity contribution in [2.45, 2.75) is 57.3 Å². The highest BCUT2D eigenvalue weighted by Gasteiger charge is 2.41. The molecule has 1 saturated carbocycles. The second kappa shape index (κ2) is 7.66. The largest absolute Gasteiger partial charge is 0.353 e. The molecule has 5 heteroatoms. The van der Waals surface area contributed by atoms with Crippen molar-refractivity contribution in [3.8, 4) is 0 Å². The maximum Gasteiger partial charge on any atom is 0.223 e. The van der Waals surface area contributed by atoms with Gasteiger partial charge in [-0.15, -0.1) is 0 Å². The number of hydrogen-bond donors (Lipinski definition) is 1. The predicted molar refractivity (Wildman–Crippen MR) is 81.8 cm³/mol. The fourth-order valence-corrected chi connectivity index (χ4v) is 3.61. The second-order valence-corrected chi connectivity index (χ2v) is 6.89. The summed E-state index contributed by atoms with van der Waals surface area (Å²) in [5.74, 6) is 0.679. The van der Waals surface area contributed by atoms with Crippen LogP contribution in [0, 0.1) is 5.92 Å². The summed E-state index contributed by atoms with van der Waals surface area (Å²) >= 11 is 1.70. The predicted octanol–water partition coefficient (Wildman–Crippen LogP) is 2.57. The van der Waals surface area contributed by atoms with Crippen LogP contribution in [0.25, 0.3) is 0 Å². The van der Waals surface area contributed by atoms with Gasteiger partial charge >= 0.3 is 0 Å². The molecule has 1 aliphatic carbocycles. The van der Waals surface area contributed by atoms with Gasteiger partial charge in [0.15, 0.2) is 5.79 Å². The number of ether oxygens (including phenoxy) is 2. The third kappa shape index (κ3) is 4.37. The van der Waals surface area contributed by atoms with E-state index in [2.05, 4.69) is 5.32 Å². The first-order valence-corrected chi connectivity index (χ1v) is 9.13. The quantitative estimate of drug-likeness (QED) is 0.848. The summed E-state index contributed by atoms with van der Waals surface area (Å²) in [6.07, 6.45) is 8.96. The smallest absolute Gasteiger partial charge is 0.223 e. The maximum atomic E-state index is 11.9. The van der Waals surface area contributed by atoms with Gasteiger partial charge in [-0.2, -0.15) is 11.8 Å². The lowest BCUT2D eigenvalue weighted by Crippen LogP contribution is -2.38. The van der Waals surface area contributed by atoms with Crippen molar-refractivity contribution in [1.29, 1.82) is 0 Å². The summed E-state index contributed by atoms with van der Waals surface area (Å²) in [6.45, 7) is 3.14. The summed E-state index contributed by atoms with van der Waals surface area (Å²) < 4.78 is 12.1. The zero-order valence-electron chi connectivity index (χ0n) is 12.7. The van der Waals surface area contributed by atoms with E-state index < -0.39 is 0 Å². The van der Waals surface area contributed by atoms with E-state index in [1.54, 1.807) is 11.8 Å². The van der Waals surface area contributed by atoms with Crippen molar-refractivity contribution in [2.24, 2.45) is 5.92 Å². The van der Waals surface area contributed by atoms with Gasteiger partial charge in [0.25, 0.3) is 0 Å². The standard InChI is InChI=1S/C15H27NO3S/c1-12(11-20-2)14(17)16-9-13-10-18-15(19-13)7-5-3-4-6-8-15/h12-13H,3-11H2,1-2H3,(H,16,17)/t12-,13-/m1/s1. The van der Waals surface area contributed by atoms with Crippen molar-refractivity contribution in [3.05, 3.63) is 0 Å². The molecule has 2 rings (SSSR count). The van der Waals surface area contributed by atoms with E-state index in [0.29, 0.717) is 13.2 Å². The molecule has 4 nitrogen and oxygen atoms in total. The fraction of sp³-hybridized carbons (Fsp3) is 0.933. The average molecular weight is 301 g/mol. The Labute approximate surface area is 126 Å². The lowest BCUT2D eigenvalue weighted by atomic mass is 10.1. The fourth-order valence-electron chi connectivity index (χ4n) is 2.96. The topological polar surface area (TPSA) is 47.6 Å². The minimum absolute atomic E-state index is 0.0125. The zero-order valence-corrected chi connectivity index (χ0v) is 13.5. The summed E-state index contributed by atoms with van der Waals surface area (Å²) in [7, 11) is 0. The van der Waals surface area contributed by atoms with E-state index >= 15 is 0 Å². The van der Waals surface area contributed by atoms with Crippen molar-refractivity contribution in [3.63, 3.8) is 0 Å².